The zero-order chi connectivity index (χ0) is 15.1. The minimum atomic E-state index is -3.31. The second kappa shape index (κ2) is 5.18. The van der Waals surface area contributed by atoms with Gasteiger partial charge in [0.2, 0.25) is 0 Å². The summed E-state index contributed by atoms with van der Waals surface area (Å²) < 4.78 is 28.8. The molecule has 1 unspecified atom stereocenters. The van der Waals surface area contributed by atoms with Crippen LogP contribution < -0.4 is 11.1 Å². The van der Waals surface area contributed by atoms with E-state index in [1.54, 1.807) is 0 Å². The summed E-state index contributed by atoms with van der Waals surface area (Å²) in [5.74, 6) is 0.537. The number of hydrogen-bond acceptors (Lipinski definition) is 6. The average Bonchev–Trinajstić information content (AvgIpc) is 3.10. The zero-order valence-corrected chi connectivity index (χ0v) is 14.1. The fourth-order valence-electron chi connectivity index (χ4n) is 1.78. The van der Waals surface area contributed by atoms with E-state index < -0.39 is 9.84 Å². The van der Waals surface area contributed by atoms with Gasteiger partial charge in [-0.2, -0.15) is 4.37 Å². The van der Waals surface area contributed by atoms with Gasteiger partial charge in [-0.05, 0) is 35.7 Å². The topological polar surface area (TPSA) is 85.1 Å². The number of rotatable bonds is 5. The zero-order valence-electron chi connectivity index (χ0n) is 12.4. The minimum absolute atomic E-state index is 0.132. The number of nitrogen functional groups attached to an aromatic ring is 1. The predicted molar refractivity (Wildman–Crippen MR) is 83.8 cm³/mol. The first-order chi connectivity index (χ1) is 9.14. The molecule has 1 aliphatic rings. The highest BCUT2D eigenvalue weighted by Gasteiger charge is 2.40. The standard InChI is InChI=1S/C13H23N3O2S2/c1-8(13(2,3)4)7-15-12-10(11(14)16-19-12)20(17,18)9-5-6-9/h8-9,15H,5-7H2,1-4H3,(H2,14,16). The maximum Gasteiger partial charge on any atom is 0.187 e. The van der Waals surface area contributed by atoms with Crippen LogP contribution in [-0.4, -0.2) is 24.6 Å². The van der Waals surface area contributed by atoms with Crippen molar-refractivity contribution in [2.24, 2.45) is 11.3 Å². The van der Waals surface area contributed by atoms with Crippen molar-refractivity contribution in [2.45, 2.75) is 50.7 Å². The molecule has 1 aromatic heterocycles. The van der Waals surface area contributed by atoms with Crippen LogP contribution in [0.2, 0.25) is 0 Å². The Morgan fingerprint density at radius 1 is 1.45 bits per heavy atom. The molecular formula is C13H23N3O2S2. The summed E-state index contributed by atoms with van der Waals surface area (Å²) >= 11 is 1.14. The van der Waals surface area contributed by atoms with Crippen LogP contribution in [0.25, 0.3) is 0 Å². The Balaban J connectivity index is 2.18. The number of sulfone groups is 1. The molecule has 7 heteroatoms. The number of hydrogen-bond donors (Lipinski definition) is 2. The third-order valence-corrected chi connectivity index (χ3v) is 7.25. The van der Waals surface area contributed by atoms with E-state index in [9.17, 15) is 8.42 Å². The molecule has 0 radical (unpaired) electrons. The second-order valence-electron chi connectivity index (χ2n) is 6.62. The smallest absolute Gasteiger partial charge is 0.187 e. The van der Waals surface area contributed by atoms with Gasteiger partial charge in [-0.3, -0.25) is 0 Å². The molecule has 1 fully saturated rings. The molecule has 1 heterocycles. The highest BCUT2D eigenvalue weighted by molar-refractivity contribution is 7.92. The summed E-state index contributed by atoms with van der Waals surface area (Å²) in [6, 6.07) is 0. The molecule has 2 rings (SSSR count). The first-order valence-corrected chi connectivity index (χ1v) is 9.19. The number of nitrogens with one attached hydrogen (secondary N) is 1. The van der Waals surface area contributed by atoms with Gasteiger partial charge >= 0.3 is 0 Å². The lowest BCUT2D eigenvalue weighted by Gasteiger charge is -2.27. The van der Waals surface area contributed by atoms with E-state index in [0.717, 1.165) is 24.4 Å². The van der Waals surface area contributed by atoms with Gasteiger partial charge < -0.3 is 11.1 Å². The van der Waals surface area contributed by atoms with Crippen LogP contribution in [0, 0.1) is 11.3 Å². The Hall–Kier alpha value is -0.820. The van der Waals surface area contributed by atoms with Crippen LogP contribution in [-0.2, 0) is 9.84 Å². The first kappa shape index (κ1) is 15.6. The SMILES string of the molecule is CC(CNc1snc(N)c1S(=O)(=O)C1CC1)C(C)(C)C. The first-order valence-electron chi connectivity index (χ1n) is 6.87. The van der Waals surface area contributed by atoms with Crippen LogP contribution in [0.15, 0.2) is 4.90 Å². The molecular weight excluding hydrogens is 294 g/mol. The lowest BCUT2D eigenvalue weighted by atomic mass is 9.82. The molecule has 114 valence electrons. The maximum atomic E-state index is 12.4. The molecule has 5 nitrogen and oxygen atoms in total. The summed E-state index contributed by atoms with van der Waals surface area (Å²) in [5.41, 5.74) is 5.93. The van der Waals surface area contributed by atoms with Crippen molar-refractivity contribution in [1.82, 2.24) is 4.37 Å². The van der Waals surface area contributed by atoms with Crippen LogP contribution in [0.1, 0.15) is 40.5 Å². The third kappa shape index (κ3) is 3.09. The van der Waals surface area contributed by atoms with E-state index in [1.165, 1.54) is 0 Å². The van der Waals surface area contributed by atoms with E-state index in [0.29, 0.717) is 17.5 Å². The molecule has 0 spiro atoms. The van der Waals surface area contributed by atoms with E-state index in [-0.39, 0.29) is 21.4 Å². The normalized spacial score (nSPS) is 18.0. The molecule has 0 saturated heterocycles. The lowest BCUT2D eigenvalue weighted by molar-refractivity contribution is 0.274. The van der Waals surface area contributed by atoms with Crippen LogP contribution in [0.4, 0.5) is 10.8 Å². The number of aromatic nitrogens is 1. The summed E-state index contributed by atoms with van der Waals surface area (Å²) in [4.78, 5) is 0.214. The van der Waals surface area contributed by atoms with Crippen molar-refractivity contribution in [2.75, 3.05) is 17.6 Å². The number of nitrogens with zero attached hydrogens (tertiary/aromatic N) is 1. The molecule has 1 atom stereocenters. The minimum Gasteiger partial charge on any atom is -0.382 e. The van der Waals surface area contributed by atoms with E-state index in [4.69, 9.17) is 5.73 Å². The monoisotopic (exact) mass is 317 g/mol. The molecule has 0 aliphatic heterocycles. The Morgan fingerprint density at radius 2 is 2.05 bits per heavy atom. The van der Waals surface area contributed by atoms with Crippen molar-refractivity contribution >= 4 is 32.2 Å². The van der Waals surface area contributed by atoms with Gasteiger partial charge in [-0.15, -0.1) is 0 Å². The lowest BCUT2D eigenvalue weighted by Crippen LogP contribution is -2.25. The second-order valence-corrected chi connectivity index (χ2v) is 9.56. The summed E-state index contributed by atoms with van der Waals surface area (Å²) in [7, 11) is -3.31. The fourth-order valence-corrected chi connectivity index (χ4v) is 4.67. The van der Waals surface area contributed by atoms with E-state index in [2.05, 4.69) is 37.4 Å². The molecule has 0 aromatic carbocycles. The Kier molecular flexibility index (Phi) is 4.03. The van der Waals surface area contributed by atoms with E-state index >= 15 is 0 Å². The Labute approximate surface area is 125 Å². The van der Waals surface area contributed by atoms with Crippen molar-refractivity contribution in [3.8, 4) is 0 Å². The molecule has 0 amide bonds. The summed E-state index contributed by atoms with van der Waals surface area (Å²) in [5, 5.41) is 3.55. The maximum absolute atomic E-state index is 12.4. The van der Waals surface area contributed by atoms with Gasteiger partial charge in [0.1, 0.15) is 9.90 Å². The van der Waals surface area contributed by atoms with Gasteiger partial charge in [0, 0.05) is 6.54 Å². The molecule has 1 saturated carbocycles. The average molecular weight is 317 g/mol. The van der Waals surface area contributed by atoms with Crippen molar-refractivity contribution in [3.63, 3.8) is 0 Å². The Morgan fingerprint density at radius 3 is 2.55 bits per heavy atom. The molecule has 20 heavy (non-hydrogen) atoms. The van der Waals surface area contributed by atoms with Crippen LogP contribution in [0.3, 0.4) is 0 Å². The summed E-state index contributed by atoms with van der Waals surface area (Å²) in [6.45, 7) is 9.36. The van der Waals surface area contributed by atoms with Gasteiger partial charge in [0.25, 0.3) is 0 Å². The fraction of sp³-hybridized carbons (Fsp3) is 0.769. The Bertz CT molecular complexity index is 583. The van der Waals surface area contributed by atoms with Crippen LogP contribution in [0.5, 0.6) is 0 Å². The third-order valence-electron chi connectivity index (χ3n) is 3.97. The highest BCUT2D eigenvalue weighted by Crippen LogP contribution is 2.41. The van der Waals surface area contributed by atoms with Crippen LogP contribution >= 0.6 is 11.5 Å². The van der Waals surface area contributed by atoms with Gasteiger partial charge in [-0.25, -0.2) is 8.42 Å². The van der Waals surface area contributed by atoms with Gasteiger partial charge in [0.15, 0.2) is 15.7 Å². The largest absolute Gasteiger partial charge is 0.382 e. The molecule has 1 aliphatic carbocycles. The van der Waals surface area contributed by atoms with Crippen molar-refractivity contribution in [1.29, 1.82) is 0 Å². The van der Waals surface area contributed by atoms with E-state index in [1.807, 2.05) is 0 Å². The molecule has 1 aromatic rings. The number of nitrogens with two attached hydrogens (primary N) is 1. The van der Waals surface area contributed by atoms with Gasteiger partial charge in [0.05, 0.1) is 5.25 Å². The van der Waals surface area contributed by atoms with Crippen molar-refractivity contribution in [3.05, 3.63) is 0 Å². The van der Waals surface area contributed by atoms with Gasteiger partial charge in [-0.1, -0.05) is 27.7 Å². The number of anilines is 2. The predicted octanol–water partition coefficient (Wildman–Crippen LogP) is 2.76. The molecule has 0 bridgehead atoms. The quantitative estimate of drug-likeness (QED) is 0.872. The van der Waals surface area contributed by atoms with Crippen molar-refractivity contribution < 1.29 is 8.42 Å². The molecule has 3 N–H and O–H groups in total. The summed E-state index contributed by atoms with van der Waals surface area (Å²) in [6.07, 6.45) is 1.46. The highest BCUT2D eigenvalue weighted by atomic mass is 32.2.